The summed E-state index contributed by atoms with van der Waals surface area (Å²) in [5.74, 6) is -3.08. The lowest BCUT2D eigenvalue weighted by Crippen LogP contribution is -2.52. The highest BCUT2D eigenvalue weighted by Gasteiger charge is 2.32. The van der Waals surface area contributed by atoms with Gasteiger partial charge in [-0.1, -0.05) is 20.3 Å². The molecule has 0 heterocycles. The number of amides is 4. The second-order valence-electron chi connectivity index (χ2n) is 10.0. The molecule has 11 nitrogen and oxygen atoms in total. The topological polar surface area (TPSA) is 177 Å². The van der Waals surface area contributed by atoms with E-state index in [1.165, 1.54) is 0 Å². The molecule has 1 aliphatic rings. The Balaban J connectivity index is 2.55. The van der Waals surface area contributed by atoms with Crippen molar-refractivity contribution in [1.29, 1.82) is 0 Å². The molecule has 0 aromatic heterocycles. The molecule has 0 aromatic carbocycles. The molecule has 11 heteroatoms. The van der Waals surface area contributed by atoms with Crippen molar-refractivity contribution < 1.29 is 33.8 Å². The van der Waals surface area contributed by atoms with E-state index in [1.54, 1.807) is 20.8 Å². The second kappa shape index (κ2) is 13.1. The van der Waals surface area contributed by atoms with Crippen molar-refractivity contribution in [2.24, 2.45) is 23.5 Å². The van der Waals surface area contributed by atoms with Crippen LogP contribution < -0.4 is 21.7 Å². The molecule has 194 valence electrons. The lowest BCUT2D eigenvalue weighted by molar-refractivity contribution is -0.144. The Morgan fingerprint density at radius 3 is 2.12 bits per heavy atom. The summed E-state index contributed by atoms with van der Waals surface area (Å²) in [6, 6.07) is -2.06. The summed E-state index contributed by atoms with van der Waals surface area (Å²) in [6.45, 7) is 9.49. The molecule has 0 radical (unpaired) electrons. The third kappa shape index (κ3) is 10.4. The number of carbonyl (C=O) groups excluding carboxylic acids is 4. The van der Waals surface area contributed by atoms with Gasteiger partial charge in [0.2, 0.25) is 17.7 Å². The molecule has 34 heavy (non-hydrogen) atoms. The number of rotatable bonds is 11. The number of carbonyl (C=O) groups is 5. The van der Waals surface area contributed by atoms with E-state index in [2.05, 4.69) is 16.0 Å². The number of hydrogen-bond acceptors (Lipinski definition) is 6. The van der Waals surface area contributed by atoms with Crippen LogP contribution >= 0.6 is 0 Å². The van der Waals surface area contributed by atoms with Gasteiger partial charge >= 0.3 is 12.1 Å². The van der Waals surface area contributed by atoms with Gasteiger partial charge in [-0.25, -0.2) is 9.59 Å². The number of primary amides is 1. The maximum absolute atomic E-state index is 12.8. The molecule has 0 spiro atoms. The van der Waals surface area contributed by atoms with E-state index in [4.69, 9.17) is 15.6 Å². The molecule has 1 aliphatic carbocycles. The summed E-state index contributed by atoms with van der Waals surface area (Å²) in [5.41, 5.74) is 4.37. The molecular formula is C23H40N4O7. The number of nitrogens with two attached hydrogens (primary N) is 1. The van der Waals surface area contributed by atoms with Crippen LogP contribution in [0.5, 0.6) is 0 Å². The summed E-state index contributed by atoms with van der Waals surface area (Å²) in [7, 11) is 0. The van der Waals surface area contributed by atoms with Crippen LogP contribution in [0.25, 0.3) is 0 Å². The van der Waals surface area contributed by atoms with Crippen molar-refractivity contribution in [3.05, 3.63) is 0 Å². The Bertz CT molecular complexity index is 742. The van der Waals surface area contributed by atoms with Crippen molar-refractivity contribution in [3.63, 3.8) is 0 Å². The first-order valence-electron chi connectivity index (χ1n) is 11.8. The predicted octanol–water partition coefficient (Wildman–Crippen LogP) is 1.29. The first-order chi connectivity index (χ1) is 15.7. The minimum Gasteiger partial charge on any atom is -0.480 e. The highest BCUT2D eigenvalue weighted by atomic mass is 16.6. The fourth-order valence-corrected chi connectivity index (χ4v) is 3.81. The van der Waals surface area contributed by atoms with E-state index in [9.17, 15) is 24.0 Å². The molecule has 0 aliphatic heterocycles. The lowest BCUT2D eigenvalue weighted by Gasteiger charge is -2.30. The van der Waals surface area contributed by atoms with Crippen LogP contribution in [-0.2, 0) is 23.9 Å². The quantitative estimate of drug-likeness (QED) is 0.293. The molecule has 4 amide bonds. The third-order valence-corrected chi connectivity index (χ3v) is 5.97. The monoisotopic (exact) mass is 484 g/mol. The minimum atomic E-state index is -1.34. The third-order valence-electron chi connectivity index (χ3n) is 5.97. The van der Waals surface area contributed by atoms with Crippen molar-refractivity contribution in [3.8, 4) is 0 Å². The number of hydrogen-bond donors (Lipinski definition) is 5. The molecule has 1 fully saturated rings. The number of alkyl carbamates (subject to hydrolysis) is 1. The molecular weight excluding hydrogens is 444 g/mol. The predicted molar refractivity (Wildman–Crippen MR) is 124 cm³/mol. The Hall–Kier alpha value is -2.85. The maximum Gasteiger partial charge on any atom is 0.408 e. The van der Waals surface area contributed by atoms with E-state index < -0.39 is 48.0 Å². The summed E-state index contributed by atoms with van der Waals surface area (Å²) in [6.07, 6.45) is 2.04. The average Bonchev–Trinajstić information content (AvgIpc) is 2.73. The number of aliphatic carboxylic acids is 1. The van der Waals surface area contributed by atoms with E-state index in [0.717, 1.165) is 0 Å². The minimum absolute atomic E-state index is 0.0884. The van der Waals surface area contributed by atoms with Gasteiger partial charge in [0.05, 0.1) is 6.42 Å². The number of ether oxygens (including phenoxy) is 1. The molecule has 0 saturated heterocycles. The van der Waals surface area contributed by atoms with E-state index in [0.29, 0.717) is 38.6 Å². The summed E-state index contributed by atoms with van der Waals surface area (Å²) < 4.78 is 5.27. The van der Waals surface area contributed by atoms with Crippen LogP contribution in [0, 0.1) is 17.8 Å². The van der Waals surface area contributed by atoms with Gasteiger partial charge in [0.15, 0.2) is 0 Å². The zero-order valence-corrected chi connectivity index (χ0v) is 20.8. The standard InChI is InChI=1S/C23H40N4O7/c1-6-13(2)18(27-22(33)34-23(3,4)5)20(30)25-12-14-7-9-15(10-8-14)19(29)26-16(21(31)32)11-17(24)28/h13-16,18H,6-12H2,1-5H3,(H2,24,28)(H,25,30)(H,26,29)(H,27,33)(H,31,32)/t13?,14?,15?,16-,18-/m0/s1. The second-order valence-corrected chi connectivity index (χ2v) is 10.0. The van der Waals surface area contributed by atoms with Gasteiger partial charge in [-0.3, -0.25) is 14.4 Å². The molecule has 0 aromatic rings. The van der Waals surface area contributed by atoms with E-state index >= 15 is 0 Å². The van der Waals surface area contributed by atoms with Crippen LogP contribution in [0.2, 0.25) is 0 Å². The fourth-order valence-electron chi connectivity index (χ4n) is 3.81. The summed E-state index contributed by atoms with van der Waals surface area (Å²) >= 11 is 0. The van der Waals surface area contributed by atoms with Crippen LogP contribution in [0.4, 0.5) is 4.79 Å². The molecule has 1 rings (SSSR count). The molecule has 3 atom stereocenters. The van der Waals surface area contributed by atoms with Crippen LogP contribution in [-0.4, -0.2) is 59.1 Å². The molecule has 1 unspecified atom stereocenters. The van der Waals surface area contributed by atoms with Gasteiger partial charge in [0.25, 0.3) is 0 Å². The number of carboxylic acids is 1. The summed E-state index contributed by atoms with van der Waals surface area (Å²) in [5, 5.41) is 17.1. The lowest BCUT2D eigenvalue weighted by atomic mass is 9.81. The first kappa shape index (κ1) is 29.2. The largest absolute Gasteiger partial charge is 0.480 e. The van der Waals surface area contributed by atoms with Gasteiger partial charge in [-0.05, 0) is 58.3 Å². The van der Waals surface area contributed by atoms with Crippen LogP contribution in [0.1, 0.15) is 73.1 Å². The SMILES string of the molecule is CCC(C)[C@H](NC(=O)OC(C)(C)C)C(=O)NCC1CCC(C(=O)N[C@@H](CC(N)=O)C(=O)O)CC1. The van der Waals surface area contributed by atoms with E-state index in [1.807, 2.05) is 13.8 Å². The Morgan fingerprint density at radius 2 is 1.65 bits per heavy atom. The highest BCUT2D eigenvalue weighted by molar-refractivity contribution is 5.89. The summed E-state index contributed by atoms with van der Waals surface area (Å²) in [4.78, 5) is 59.6. The van der Waals surface area contributed by atoms with Gasteiger partial charge in [-0.2, -0.15) is 0 Å². The Labute approximate surface area is 200 Å². The smallest absolute Gasteiger partial charge is 0.408 e. The average molecular weight is 485 g/mol. The first-order valence-corrected chi connectivity index (χ1v) is 11.8. The highest BCUT2D eigenvalue weighted by Crippen LogP contribution is 2.28. The molecule has 1 saturated carbocycles. The van der Waals surface area contributed by atoms with Crippen LogP contribution in [0.15, 0.2) is 0 Å². The molecule has 0 bridgehead atoms. The maximum atomic E-state index is 12.8. The Morgan fingerprint density at radius 1 is 1.06 bits per heavy atom. The van der Waals surface area contributed by atoms with Crippen LogP contribution in [0.3, 0.4) is 0 Å². The molecule has 6 N–H and O–H groups in total. The number of carboxylic acid groups (broad SMARTS) is 1. The van der Waals surface area contributed by atoms with Gasteiger partial charge in [0.1, 0.15) is 17.7 Å². The zero-order chi connectivity index (χ0) is 26.1. The Kier molecular flexibility index (Phi) is 11.3. The van der Waals surface area contributed by atoms with Crippen molar-refractivity contribution >= 4 is 29.8 Å². The van der Waals surface area contributed by atoms with Crippen molar-refractivity contribution in [2.45, 2.75) is 90.8 Å². The fraction of sp³-hybridized carbons (Fsp3) is 0.783. The van der Waals surface area contributed by atoms with Crippen molar-refractivity contribution in [2.75, 3.05) is 6.54 Å². The normalized spacial score (nSPS) is 20.9. The van der Waals surface area contributed by atoms with Gasteiger partial charge in [0, 0.05) is 12.5 Å². The number of nitrogens with one attached hydrogen (secondary N) is 3. The van der Waals surface area contributed by atoms with Gasteiger partial charge in [-0.15, -0.1) is 0 Å². The van der Waals surface area contributed by atoms with E-state index in [-0.39, 0.29) is 23.7 Å². The zero-order valence-electron chi connectivity index (χ0n) is 20.8. The van der Waals surface area contributed by atoms with Crippen molar-refractivity contribution in [1.82, 2.24) is 16.0 Å². The van der Waals surface area contributed by atoms with Gasteiger partial charge < -0.3 is 31.5 Å².